The van der Waals surface area contributed by atoms with Crippen LogP contribution >= 0.6 is 0 Å². The second-order valence-corrected chi connectivity index (χ2v) is 3.94. The van der Waals surface area contributed by atoms with E-state index in [0.717, 1.165) is 12.5 Å². The quantitative estimate of drug-likeness (QED) is 0.758. The zero-order valence-electron chi connectivity index (χ0n) is 10.4. The molecule has 0 amide bonds. The molecule has 0 heterocycles. The largest absolute Gasteiger partial charge is 0.490 e. The van der Waals surface area contributed by atoms with Gasteiger partial charge in [-0.05, 0) is 6.42 Å². The molecule has 0 fully saturated rings. The SMILES string of the molecule is CCCOc1cc(N(C)CC(=O)O)c(N)cc1F. The molecule has 0 aromatic heterocycles. The van der Waals surface area contributed by atoms with Crippen molar-refractivity contribution in [2.45, 2.75) is 13.3 Å². The molecule has 5 nitrogen and oxygen atoms in total. The third-order valence-corrected chi connectivity index (χ3v) is 2.33. The highest BCUT2D eigenvalue weighted by atomic mass is 19.1. The molecule has 1 aromatic rings. The predicted octanol–water partition coefficient (Wildman–Crippen LogP) is 1.72. The maximum absolute atomic E-state index is 13.5. The molecule has 3 N–H and O–H groups in total. The van der Waals surface area contributed by atoms with E-state index in [1.54, 1.807) is 7.05 Å². The number of carboxylic acids is 1. The Labute approximate surface area is 105 Å². The molecule has 100 valence electrons. The summed E-state index contributed by atoms with van der Waals surface area (Å²) >= 11 is 0. The van der Waals surface area contributed by atoms with E-state index >= 15 is 0 Å². The highest BCUT2D eigenvalue weighted by Crippen LogP contribution is 2.30. The number of carbonyl (C=O) groups is 1. The van der Waals surface area contributed by atoms with Crippen molar-refractivity contribution in [1.82, 2.24) is 0 Å². The lowest BCUT2D eigenvalue weighted by atomic mass is 10.2. The minimum Gasteiger partial charge on any atom is -0.490 e. The first-order valence-corrected chi connectivity index (χ1v) is 5.60. The fraction of sp³-hybridized carbons (Fsp3) is 0.417. The van der Waals surface area contributed by atoms with Crippen LogP contribution in [0.15, 0.2) is 12.1 Å². The Morgan fingerprint density at radius 1 is 1.56 bits per heavy atom. The zero-order chi connectivity index (χ0) is 13.7. The van der Waals surface area contributed by atoms with Crippen molar-refractivity contribution in [2.75, 3.05) is 30.8 Å². The van der Waals surface area contributed by atoms with Gasteiger partial charge in [-0.15, -0.1) is 0 Å². The third kappa shape index (κ3) is 3.51. The van der Waals surface area contributed by atoms with Crippen molar-refractivity contribution < 1.29 is 19.0 Å². The number of nitrogens with two attached hydrogens (primary N) is 1. The topological polar surface area (TPSA) is 75.8 Å². The van der Waals surface area contributed by atoms with Crippen molar-refractivity contribution in [1.29, 1.82) is 0 Å². The lowest BCUT2D eigenvalue weighted by Gasteiger charge is -2.20. The van der Waals surface area contributed by atoms with Gasteiger partial charge in [0, 0.05) is 19.2 Å². The van der Waals surface area contributed by atoms with Crippen LogP contribution in [-0.2, 0) is 4.79 Å². The number of rotatable bonds is 6. The minimum atomic E-state index is -0.989. The molecule has 1 aromatic carbocycles. The normalized spacial score (nSPS) is 10.2. The Balaban J connectivity index is 3.00. The van der Waals surface area contributed by atoms with Crippen LogP contribution in [0.2, 0.25) is 0 Å². The number of nitrogens with zero attached hydrogens (tertiary/aromatic N) is 1. The third-order valence-electron chi connectivity index (χ3n) is 2.33. The summed E-state index contributed by atoms with van der Waals surface area (Å²) in [6, 6.07) is 2.56. The minimum absolute atomic E-state index is 0.0817. The van der Waals surface area contributed by atoms with Crippen LogP contribution in [0.25, 0.3) is 0 Å². The van der Waals surface area contributed by atoms with Crippen molar-refractivity contribution in [3.63, 3.8) is 0 Å². The van der Waals surface area contributed by atoms with Gasteiger partial charge in [0.2, 0.25) is 0 Å². The number of anilines is 2. The number of nitrogen functional groups attached to an aromatic ring is 1. The highest BCUT2D eigenvalue weighted by molar-refractivity contribution is 5.77. The van der Waals surface area contributed by atoms with Crippen LogP contribution in [0, 0.1) is 5.82 Å². The summed E-state index contributed by atoms with van der Waals surface area (Å²) in [5.41, 5.74) is 6.28. The molecule has 0 unspecified atom stereocenters. The number of benzene rings is 1. The number of hydrogen-bond donors (Lipinski definition) is 2. The first-order valence-electron chi connectivity index (χ1n) is 5.60. The molecule has 0 aliphatic heterocycles. The zero-order valence-corrected chi connectivity index (χ0v) is 10.4. The first-order chi connectivity index (χ1) is 8.45. The molecule has 0 aliphatic rings. The average molecular weight is 256 g/mol. The second kappa shape index (κ2) is 6.09. The highest BCUT2D eigenvalue weighted by Gasteiger charge is 2.14. The van der Waals surface area contributed by atoms with Crippen LogP contribution in [0.3, 0.4) is 0 Å². The Kier molecular flexibility index (Phi) is 4.76. The summed E-state index contributed by atoms with van der Waals surface area (Å²) in [4.78, 5) is 12.1. The fourth-order valence-corrected chi connectivity index (χ4v) is 1.50. The number of likely N-dealkylation sites (N-methyl/N-ethyl adjacent to an activating group) is 1. The van der Waals surface area contributed by atoms with Gasteiger partial charge in [-0.25, -0.2) is 4.39 Å². The summed E-state index contributed by atoms with van der Waals surface area (Å²) in [6.45, 7) is 2.08. The maximum Gasteiger partial charge on any atom is 0.323 e. The van der Waals surface area contributed by atoms with Gasteiger partial charge in [0.25, 0.3) is 0 Å². The standard InChI is InChI=1S/C12H17FN2O3/c1-3-4-18-11-6-10(9(14)5-8(11)13)15(2)7-12(16)17/h5-6H,3-4,7,14H2,1-2H3,(H,16,17). The summed E-state index contributed by atoms with van der Waals surface area (Å²) < 4.78 is 18.8. The monoisotopic (exact) mass is 256 g/mol. The van der Waals surface area contributed by atoms with Crippen LogP contribution in [0.5, 0.6) is 5.75 Å². The van der Waals surface area contributed by atoms with Crippen LogP contribution in [0.4, 0.5) is 15.8 Å². The Bertz CT molecular complexity index is 438. The molecule has 0 aliphatic carbocycles. The molecule has 0 saturated heterocycles. The van der Waals surface area contributed by atoms with Gasteiger partial charge in [-0.3, -0.25) is 4.79 Å². The summed E-state index contributed by atoms with van der Waals surface area (Å²) in [6.07, 6.45) is 0.754. The molecule has 0 atom stereocenters. The van der Waals surface area contributed by atoms with Crippen LogP contribution < -0.4 is 15.4 Å². The van der Waals surface area contributed by atoms with E-state index in [2.05, 4.69) is 0 Å². The van der Waals surface area contributed by atoms with Gasteiger partial charge in [0.1, 0.15) is 6.54 Å². The summed E-state index contributed by atoms with van der Waals surface area (Å²) in [5.74, 6) is -1.45. The Morgan fingerprint density at radius 2 is 2.22 bits per heavy atom. The number of ether oxygens (including phenoxy) is 1. The molecule has 1 rings (SSSR count). The van der Waals surface area contributed by atoms with E-state index in [0.29, 0.717) is 12.3 Å². The molecule has 0 saturated carbocycles. The summed E-state index contributed by atoms with van der Waals surface area (Å²) in [5, 5.41) is 8.71. The van der Waals surface area contributed by atoms with Crippen molar-refractivity contribution >= 4 is 17.3 Å². The number of hydrogen-bond acceptors (Lipinski definition) is 4. The molecule has 6 heteroatoms. The molecular formula is C12H17FN2O3. The van der Waals surface area contributed by atoms with Gasteiger partial charge in [0.05, 0.1) is 18.0 Å². The lowest BCUT2D eigenvalue weighted by molar-refractivity contribution is -0.135. The second-order valence-electron chi connectivity index (χ2n) is 3.94. The van der Waals surface area contributed by atoms with E-state index in [9.17, 15) is 9.18 Å². The number of carboxylic acid groups (broad SMARTS) is 1. The first kappa shape index (κ1) is 14.1. The van der Waals surface area contributed by atoms with Gasteiger partial charge in [-0.2, -0.15) is 0 Å². The van der Waals surface area contributed by atoms with E-state index in [-0.39, 0.29) is 18.0 Å². The van der Waals surface area contributed by atoms with Gasteiger partial charge >= 0.3 is 5.97 Å². The van der Waals surface area contributed by atoms with Gasteiger partial charge in [-0.1, -0.05) is 6.92 Å². The van der Waals surface area contributed by atoms with Crippen molar-refractivity contribution in [2.24, 2.45) is 0 Å². The van der Waals surface area contributed by atoms with E-state index in [1.807, 2.05) is 6.92 Å². The van der Waals surface area contributed by atoms with E-state index in [1.165, 1.54) is 11.0 Å². The number of aliphatic carboxylic acids is 1. The molecule has 0 bridgehead atoms. The maximum atomic E-state index is 13.5. The lowest BCUT2D eigenvalue weighted by Crippen LogP contribution is -2.26. The van der Waals surface area contributed by atoms with Crippen molar-refractivity contribution in [3.05, 3.63) is 17.9 Å². The van der Waals surface area contributed by atoms with E-state index < -0.39 is 11.8 Å². The molecule has 18 heavy (non-hydrogen) atoms. The predicted molar refractivity (Wildman–Crippen MR) is 67.5 cm³/mol. The molecule has 0 spiro atoms. The fourth-order valence-electron chi connectivity index (χ4n) is 1.50. The molecule has 0 radical (unpaired) electrons. The number of halogens is 1. The van der Waals surface area contributed by atoms with Gasteiger partial charge in [0.15, 0.2) is 11.6 Å². The Morgan fingerprint density at radius 3 is 2.78 bits per heavy atom. The van der Waals surface area contributed by atoms with Gasteiger partial charge < -0.3 is 20.5 Å². The van der Waals surface area contributed by atoms with E-state index in [4.69, 9.17) is 15.6 Å². The van der Waals surface area contributed by atoms with Crippen LogP contribution in [0.1, 0.15) is 13.3 Å². The smallest absolute Gasteiger partial charge is 0.323 e. The van der Waals surface area contributed by atoms with Crippen molar-refractivity contribution in [3.8, 4) is 5.75 Å². The van der Waals surface area contributed by atoms with Crippen LogP contribution in [-0.4, -0.2) is 31.3 Å². The summed E-state index contributed by atoms with van der Waals surface area (Å²) in [7, 11) is 1.57. The molecular weight excluding hydrogens is 239 g/mol. The average Bonchev–Trinajstić information content (AvgIpc) is 2.26. The Hall–Kier alpha value is -1.98.